The van der Waals surface area contributed by atoms with Crippen molar-refractivity contribution < 1.29 is 19.5 Å². The highest BCUT2D eigenvalue weighted by Crippen LogP contribution is 2.46. The number of nitrogens with zero attached hydrogens (tertiary/aromatic N) is 3. The first-order chi connectivity index (χ1) is 18.0. The molecule has 2 aromatic heterocycles. The van der Waals surface area contributed by atoms with Crippen molar-refractivity contribution in [3.63, 3.8) is 0 Å². The van der Waals surface area contributed by atoms with Crippen LogP contribution in [0.2, 0.25) is 10.0 Å². The van der Waals surface area contributed by atoms with Crippen molar-refractivity contribution in [3.05, 3.63) is 87.8 Å². The molecule has 1 atom stereocenters. The van der Waals surface area contributed by atoms with Gasteiger partial charge >= 0.3 is 5.97 Å². The number of aliphatic carboxylic acids is 1. The van der Waals surface area contributed by atoms with Crippen LogP contribution < -0.4 is 10.6 Å². The van der Waals surface area contributed by atoms with E-state index in [0.717, 1.165) is 0 Å². The first kappa shape index (κ1) is 27.2. The van der Waals surface area contributed by atoms with Gasteiger partial charge in [-0.3, -0.25) is 24.5 Å². The first-order valence-corrected chi connectivity index (χ1v) is 12.5. The van der Waals surface area contributed by atoms with Crippen LogP contribution in [0.1, 0.15) is 48.8 Å². The number of hydrogen-bond acceptors (Lipinski definition) is 7. The van der Waals surface area contributed by atoms with Crippen molar-refractivity contribution in [2.45, 2.75) is 39.2 Å². The van der Waals surface area contributed by atoms with Crippen molar-refractivity contribution in [1.82, 2.24) is 20.3 Å². The Balaban J connectivity index is 1.59. The number of Topliss-reactive ketones (excluding diaryl/α,β-unsaturated/α-hetero) is 1. The summed E-state index contributed by atoms with van der Waals surface area (Å²) in [5.41, 5.74) is 0.254. The number of carbonyl (C=O) groups excluding carboxylic acids is 2. The van der Waals surface area contributed by atoms with Crippen molar-refractivity contribution >= 4 is 52.1 Å². The average molecular weight is 554 g/mol. The van der Waals surface area contributed by atoms with Gasteiger partial charge in [0.15, 0.2) is 5.78 Å². The zero-order valence-corrected chi connectivity index (χ0v) is 22.4. The number of anilines is 1. The van der Waals surface area contributed by atoms with Gasteiger partial charge in [-0.15, -0.1) is 0 Å². The summed E-state index contributed by atoms with van der Waals surface area (Å²) in [4.78, 5) is 50.3. The van der Waals surface area contributed by atoms with Gasteiger partial charge in [0.25, 0.3) is 5.91 Å². The number of nitrogens with one attached hydrogen (secondary N) is 2. The molecule has 196 valence electrons. The minimum absolute atomic E-state index is 0.109. The second-order valence-corrected chi connectivity index (χ2v) is 10.3. The summed E-state index contributed by atoms with van der Waals surface area (Å²) in [5, 5.41) is 16.5. The lowest BCUT2D eigenvalue weighted by atomic mass is 9.67. The van der Waals surface area contributed by atoms with Crippen molar-refractivity contribution in [2.75, 3.05) is 5.32 Å². The highest BCUT2D eigenvalue weighted by atomic mass is 35.5. The number of aromatic nitrogens is 3. The number of halogens is 2. The zero-order chi connectivity index (χ0) is 27.7. The number of carboxylic acid groups (broad SMARTS) is 1. The Hall–Kier alpha value is -3.82. The predicted octanol–water partition coefficient (Wildman–Crippen LogP) is 4.82. The molecule has 38 heavy (non-hydrogen) atoms. The van der Waals surface area contributed by atoms with E-state index in [-0.39, 0.29) is 34.2 Å². The van der Waals surface area contributed by atoms with Crippen molar-refractivity contribution in [2.24, 2.45) is 5.41 Å². The second kappa shape index (κ2) is 10.5. The van der Waals surface area contributed by atoms with Crippen LogP contribution >= 0.6 is 23.2 Å². The third kappa shape index (κ3) is 4.99. The molecular formula is C27H25Cl2N5O4. The normalized spacial score (nSPS) is 15.9. The lowest BCUT2D eigenvalue weighted by Gasteiger charge is -2.44. The number of benzene rings is 1. The van der Waals surface area contributed by atoms with Crippen LogP contribution in [0.4, 0.5) is 5.69 Å². The van der Waals surface area contributed by atoms with Gasteiger partial charge in [-0.05, 0) is 38.0 Å². The molecule has 0 saturated heterocycles. The Kier molecular flexibility index (Phi) is 7.53. The third-order valence-electron chi connectivity index (χ3n) is 6.66. The number of pyridine rings is 1. The van der Waals surface area contributed by atoms with Gasteiger partial charge in [0.05, 0.1) is 38.5 Å². The molecule has 0 spiro atoms. The van der Waals surface area contributed by atoms with E-state index in [2.05, 4.69) is 25.6 Å². The summed E-state index contributed by atoms with van der Waals surface area (Å²) in [6.07, 6.45) is 7.49. The fourth-order valence-electron chi connectivity index (χ4n) is 4.33. The quantitative estimate of drug-likeness (QED) is 0.343. The highest BCUT2D eigenvalue weighted by Gasteiger charge is 2.51. The molecule has 1 aromatic carbocycles. The molecule has 0 unspecified atom stereocenters. The van der Waals surface area contributed by atoms with Crippen LogP contribution in [-0.2, 0) is 16.0 Å². The van der Waals surface area contributed by atoms with E-state index < -0.39 is 22.8 Å². The predicted molar refractivity (Wildman–Crippen MR) is 144 cm³/mol. The number of ketones is 1. The van der Waals surface area contributed by atoms with E-state index in [9.17, 15) is 19.5 Å². The summed E-state index contributed by atoms with van der Waals surface area (Å²) in [5.74, 6) is -1.68. The molecule has 0 aliphatic heterocycles. The number of hydrogen-bond donors (Lipinski definition) is 3. The molecular weight excluding hydrogens is 529 g/mol. The molecule has 4 rings (SSSR count). The molecule has 1 aliphatic carbocycles. The molecule has 3 N–H and O–H groups in total. The fourth-order valence-corrected chi connectivity index (χ4v) is 4.87. The number of rotatable bonds is 9. The largest absolute Gasteiger partial charge is 0.479 e. The fraction of sp³-hybridized carbons (Fsp3) is 0.259. The number of amides is 1. The molecule has 0 radical (unpaired) electrons. The molecule has 9 nitrogen and oxygen atoms in total. The number of carboxylic acids is 1. The SMILES string of the molecule is CC[C@@](Cc1ccc(NC(=O)c2c(Cl)cncc2Cl)cc1)(NC1=C(c2cnccn2)C(=O)C1(C)C)C(=O)O. The Bertz CT molecular complexity index is 1420. The smallest absolute Gasteiger partial charge is 0.329 e. The van der Waals surface area contributed by atoms with Crippen molar-refractivity contribution in [3.8, 4) is 0 Å². The first-order valence-electron chi connectivity index (χ1n) is 11.8. The molecule has 3 aromatic rings. The van der Waals surface area contributed by atoms with Gasteiger partial charge in [-0.25, -0.2) is 4.79 Å². The van der Waals surface area contributed by atoms with Crippen LogP contribution in [0.5, 0.6) is 0 Å². The molecule has 0 saturated carbocycles. The van der Waals surface area contributed by atoms with E-state index in [1.807, 2.05) is 0 Å². The number of carbonyl (C=O) groups is 3. The van der Waals surface area contributed by atoms with Crippen LogP contribution in [-0.4, -0.2) is 43.3 Å². The average Bonchev–Trinajstić information content (AvgIpc) is 2.89. The Morgan fingerprint density at radius 1 is 1.03 bits per heavy atom. The summed E-state index contributed by atoms with van der Waals surface area (Å²) in [6.45, 7) is 5.27. The van der Waals surface area contributed by atoms with Gasteiger partial charge in [0.1, 0.15) is 5.54 Å². The van der Waals surface area contributed by atoms with Crippen LogP contribution in [0.3, 0.4) is 0 Å². The van der Waals surface area contributed by atoms with Crippen LogP contribution in [0.25, 0.3) is 5.57 Å². The molecule has 1 aliphatic rings. The van der Waals surface area contributed by atoms with E-state index in [4.69, 9.17) is 23.2 Å². The van der Waals surface area contributed by atoms with E-state index in [0.29, 0.717) is 28.2 Å². The topological polar surface area (TPSA) is 134 Å². The summed E-state index contributed by atoms with van der Waals surface area (Å²) < 4.78 is 0. The lowest BCUT2D eigenvalue weighted by Crippen LogP contribution is -2.58. The zero-order valence-electron chi connectivity index (χ0n) is 20.9. The third-order valence-corrected chi connectivity index (χ3v) is 7.24. The van der Waals surface area contributed by atoms with Gasteiger partial charge < -0.3 is 15.7 Å². The number of allylic oxidation sites excluding steroid dienone is 2. The Labute approximate surface area is 229 Å². The summed E-state index contributed by atoms with van der Waals surface area (Å²) in [6, 6.07) is 6.80. The molecule has 0 fully saturated rings. The van der Waals surface area contributed by atoms with Crippen molar-refractivity contribution in [1.29, 1.82) is 0 Å². The van der Waals surface area contributed by atoms with E-state index in [1.54, 1.807) is 45.0 Å². The van der Waals surface area contributed by atoms with Crippen LogP contribution in [0.15, 0.2) is 60.9 Å². The van der Waals surface area contributed by atoms with Gasteiger partial charge in [0, 0.05) is 42.6 Å². The van der Waals surface area contributed by atoms with E-state index >= 15 is 0 Å². The molecule has 1 amide bonds. The molecule has 11 heteroatoms. The maximum absolute atomic E-state index is 12.9. The molecule has 0 bridgehead atoms. The minimum atomic E-state index is -1.40. The minimum Gasteiger partial charge on any atom is -0.479 e. The Morgan fingerprint density at radius 2 is 1.68 bits per heavy atom. The van der Waals surface area contributed by atoms with Gasteiger partial charge in [0.2, 0.25) is 0 Å². The highest BCUT2D eigenvalue weighted by molar-refractivity contribution is 6.40. The summed E-state index contributed by atoms with van der Waals surface area (Å²) >= 11 is 12.1. The molecule has 2 heterocycles. The van der Waals surface area contributed by atoms with Crippen LogP contribution in [0, 0.1) is 5.41 Å². The van der Waals surface area contributed by atoms with Gasteiger partial charge in [-0.1, -0.05) is 42.3 Å². The maximum atomic E-state index is 12.9. The van der Waals surface area contributed by atoms with Gasteiger partial charge in [-0.2, -0.15) is 0 Å². The van der Waals surface area contributed by atoms with E-state index in [1.165, 1.54) is 31.0 Å². The Morgan fingerprint density at radius 3 is 2.24 bits per heavy atom. The summed E-state index contributed by atoms with van der Waals surface area (Å²) in [7, 11) is 0. The second-order valence-electron chi connectivity index (χ2n) is 9.47. The maximum Gasteiger partial charge on any atom is 0.329 e. The lowest BCUT2D eigenvalue weighted by molar-refractivity contribution is -0.145. The monoisotopic (exact) mass is 553 g/mol. The standard InChI is InChI=1S/C27H25Cl2N5O4/c1-4-27(25(37)38,34-22-21(23(35)26(22,2)3)19-14-30-9-10-32-19)11-15-5-7-16(8-6-15)33-24(36)20-17(28)12-31-13-18(20)29/h5-10,12-14,34H,4,11H2,1-3H3,(H,33,36)(H,37,38)/t27-/m0/s1.